The fourth-order valence-electron chi connectivity index (χ4n) is 1.29. The van der Waals surface area contributed by atoms with Crippen LogP contribution >= 0.6 is 27.3 Å². The fraction of sp³-hybridized carbons (Fsp3) is 0.0909. The molecule has 1 nitrogen and oxygen atoms in total. The molecule has 0 spiro atoms. The third kappa shape index (κ3) is 1.83. The Kier molecular flexibility index (Phi) is 2.89. The maximum atomic E-state index is 5.18. The van der Waals surface area contributed by atoms with Gasteiger partial charge in [0, 0.05) is 5.56 Å². The second-order valence-electron chi connectivity index (χ2n) is 2.84. The second kappa shape index (κ2) is 4.15. The molecule has 0 N–H and O–H groups in total. The molecule has 1 aromatic carbocycles. The quantitative estimate of drug-likeness (QED) is 0.794. The fourth-order valence-corrected chi connectivity index (χ4v) is 2.61. The molecular weight excluding hydrogens is 260 g/mol. The van der Waals surface area contributed by atoms with Crippen LogP contribution in [0.25, 0.3) is 11.1 Å². The highest BCUT2D eigenvalue weighted by molar-refractivity contribution is 9.11. The molecule has 2 rings (SSSR count). The van der Waals surface area contributed by atoms with Crippen molar-refractivity contribution < 1.29 is 4.74 Å². The molecule has 0 aliphatic heterocycles. The normalized spacial score (nSPS) is 10.1. The molecule has 0 unspecified atom stereocenters. The number of hydrogen-bond donors (Lipinski definition) is 0. The second-order valence-corrected chi connectivity index (χ2v) is 5.07. The molecule has 3 heteroatoms. The molecule has 72 valence electrons. The number of thiophene rings is 1. The minimum absolute atomic E-state index is 0.889. The van der Waals surface area contributed by atoms with Crippen LogP contribution < -0.4 is 4.74 Å². The summed E-state index contributed by atoms with van der Waals surface area (Å²) in [6.07, 6.45) is 0. The zero-order chi connectivity index (χ0) is 9.97. The first-order valence-electron chi connectivity index (χ1n) is 4.18. The van der Waals surface area contributed by atoms with Crippen molar-refractivity contribution in [1.82, 2.24) is 0 Å². The summed E-state index contributed by atoms with van der Waals surface area (Å²) in [6, 6.07) is 10.2. The van der Waals surface area contributed by atoms with E-state index in [1.165, 1.54) is 11.1 Å². The number of methoxy groups -OCH3 is 1. The van der Waals surface area contributed by atoms with E-state index in [2.05, 4.69) is 33.4 Å². The maximum absolute atomic E-state index is 5.18. The van der Waals surface area contributed by atoms with Gasteiger partial charge in [0.1, 0.15) is 5.75 Å². The number of halogens is 1. The van der Waals surface area contributed by atoms with Gasteiger partial charge < -0.3 is 4.74 Å². The van der Waals surface area contributed by atoms with Crippen molar-refractivity contribution in [1.29, 1.82) is 0 Å². The molecule has 0 aliphatic rings. The molecule has 1 aromatic heterocycles. The van der Waals surface area contributed by atoms with E-state index in [1.807, 2.05) is 18.2 Å². The smallest absolute Gasteiger partial charge is 0.119 e. The summed E-state index contributed by atoms with van der Waals surface area (Å²) < 4.78 is 6.34. The minimum Gasteiger partial charge on any atom is -0.497 e. The Hall–Kier alpha value is -0.800. The van der Waals surface area contributed by atoms with Gasteiger partial charge in [-0.2, -0.15) is 0 Å². The van der Waals surface area contributed by atoms with E-state index in [0.29, 0.717) is 0 Å². The Morgan fingerprint density at radius 3 is 2.79 bits per heavy atom. The first kappa shape index (κ1) is 9.74. The number of hydrogen-bond acceptors (Lipinski definition) is 2. The average Bonchev–Trinajstić information content (AvgIpc) is 2.65. The zero-order valence-corrected chi connectivity index (χ0v) is 10.1. The molecule has 0 fully saturated rings. The number of ether oxygens (including phenoxy) is 1. The van der Waals surface area contributed by atoms with E-state index in [9.17, 15) is 0 Å². The van der Waals surface area contributed by atoms with Gasteiger partial charge in [-0.15, -0.1) is 11.3 Å². The molecule has 0 amide bonds. The molecule has 0 saturated carbocycles. The standard InChI is InChI=1S/C11H9BrOS/c1-13-9-4-2-3-8(7-9)10-5-6-14-11(10)12/h2-7H,1H3. The number of rotatable bonds is 2. The third-order valence-electron chi connectivity index (χ3n) is 2.00. The molecule has 1 heterocycles. The summed E-state index contributed by atoms with van der Waals surface area (Å²) in [7, 11) is 1.68. The lowest BCUT2D eigenvalue weighted by Crippen LogP contribution is -1.82. The molecule has 0 saturated heterocycles. The average molecular weight is 269 g/mol. The third-order valence-corrected chi connectivity index (χ3v) is 3.69. The summed E-state index contributed by atoms with van der Waals surface area (Å²) in [5.41, 5.74) is 2.39. The van der Waals surface area contributed by atoms with Crippen molar-refractivity contribution in [2.45, 2.75) is 0 Å². The Balaban J connectivity index is 2.47. The van der Waals surface area contributed by atoms with Crippen LogP contribution in [0.4, 0.5) is 0 Å². The lowest BCUT2D eigenvalue weighted by Gasteiger charge is -2.02. The Morgan fingerprint density at radius 1 is 1.29 bits per heavy atom. The van der Waals surface area contributed by atoms with Gasteiger partial charge in [-0.25, -0.2) is 0 Å². The van der Waals surface area contributed by atoms with Crippen LogP contribution in [0.2, 0.25) is 0 Å². The molecule has 14 heavy (non-hydrogen) atoms. The summed E-state index contributed by atoms with van der Waals surface area (Å²) in [6.45, 7) is 0. The lowest BCUT2D eigenvalue weighted by molar-refractivity contribution is 0.415. The van der Waals surface area contributed by atoms with Crippen molar-refractivity contribution in [2.75, 3.05) is 7.11 Å². The summed E-state index contributed by atoms with van der Waals surface area (Å²) in [5.74, 6) is 0.889. The van der Waals surface area contributed by atoms with Crippen LogP contribution in [-0.2, 0) is 0 Å². The van der Waals surface area contributed by atoms with E-state index in [4.69, 9.17) is 4.74 Å². The van der Waals surface area contributed by atoms with Gasteiger partial charge in [-0.05, 0) is 45.1 Å². The topological polar surface area (TPSA) is 9.23 Å². The van der Waals surface area contributed by atoms with Crippen molar-refractivity contribution in [3.05, 3.63) is 39.5 Å². The van der Waals surface area contributed by atoms with Gasteiger partial charge in [-0.1, -0.05) is 12.1 Å². The van der Waals surface area contributed by atoms with Crippen LogP contribution in [0.1, 0.15) is 0 Å². The highest BCUT2D eigenvalue weighted by Crippen LogP contribution is 2.34. The molecule has 0 aliphatic carbocycles. The highest BCUT2D eigenvalue weighted by Gasteiger charge is 2.04. The molecular formula is C11H9BrOS. The van der Waals surface area contributed by atoms with Gasteiger partial charge >= 0.3 is 0 Å². The predicted molar refractivity (Wildman–Crippen MR) is 64.0 cm³/mol. The lowest BCUT2D eigenvalue weighted by atomic mass is 10.1. The van der Waals surface area contributed by atoms with E-state index >= 15 is 0 Å². The first-order valence-corrected chi connectivity index (χ1v) is 5.86. The largest absolute Gasteiger partial charge is 0.497 e. The monoisotopic (exact) mass is 268 g/mol. The van der Waals surface area contributed by atoms with Gasteiger partial charge in [0.05, 0.1) is 10.9 Å². The molecule has 2 aromatic rings. The minimum atomic E-state index is 0.889. The van der Waals surface area contributed by atoms with E-state index in [0.717, 1.165) is 9.54 Å². The zero-order valence-electron chi connectivity index (χ0n) is 7.66. The van der Waals surface area contributed by atoms with Crippen molar-refractivity contribution in [3.63, 3.8) is 0 Å². The number of benzene rings is 1. The van der Waals surface area contributed by atoms with E-state index in [1.54, 1.807) is 18.4 Å². The van der Waals surface area contributed by atoms with Crippen molar-refractivity contribution >= 4 is 27.3 Å². The summed E-state index contributed by atoms with van der Waals surface area (Å²) in [5, 5.41) is 2.07. The van der Waals surface area contributed by atoms with Crippen LogP contribution in [0.5, 0.6) is 5.75 Å². The van der Waals surface area contributed by atoms with E-state index in [-0.39, 0.29) is 0 Å². The Morgan fingerprint density at radius 2 is 2.14 bits per heavy atom. The van der Waals surface area contributed by atoms with Gasteiger partial charge in [-0.3, -0.25) is 0 Å². The SMILES string of the molecule is COc1cccc(-c2ccsc2Br)c1. The first-order chi connectivity index (χ1) is 6.81. The van der Waals surface area contributed by atoms with Crippen LogP contribution in [-0.4, -0.2) is 7.11 Å². The van der Waals surface area contributed by atoms with Crippen molar-refractivity contribution in [3.8, 4) is 16.9 Å². The van der Waals surface area contributed by atoms with Gasteiger partial charge in [0.25, 0.3) is 0 Å². The Bertz CT molecular complexity index is 436. The van der Waals surface area contributed by atoms with Gasteiger partial charge in [0.15, 0.2) is 0 Å². The Labute approximate surface area is 95.5 Å². The van der Waals surface area contributed by atoms with Crippen LogP contribution in [0.3, 0.4) is 0 Å². The van der Waals surface area contributed by atoms with Crippen molar-refractivity contribution in [2.24, 2.45) is 0 Å². The summed E-state index contributed by atoms with van der Waals surface area (Å²) >= 11 is 5.22. The predicted octanol–water partition coefficient (Wildman–Crippen LogP) is 4.19. The van der Waals surface area contributed by atoms with Crippen LogP contribution in [0.15, 0.2) is 39.5 Å². The summed E-state index contributed by atoms with van der Waals surface area (Å²) in [4.78, 5) is 0. The highest BCUT2D eigenvalue weighted by atomic mass is 79.9. The van der Waals surface area contributed by atoms with Gasteiger partial charge in [0.2, 0.25) is 0 Å². The van der Waals surface area contributed by atoms with E-state index < -0.39 is 0 Å². The maximum Gasteiger partial charge on any atom is 0.119 e. The molecule has 0 atom stereocenters. The van der Waals surface area contributed by atoms with Crippen LogP contribution in [0, 0.1) is 0 Å². The molecule has 0 bridgehead atoms. The molecule has 0 radical (unpaired) electrons.